The predicted molar refractivity (Wildman–Crippen MR) is 72.4 cm³/mol. The highest BCUT2D eigenvalue weighted by Crippen LogP contribution is 2.19. The molecule has 0 aromatic heterocycles. The van der Waals surface area contributed by atoms with E-state index in [4.69, 9.17) is 11.6 Å². The number of benzene rings is 1. The fraction of sp³-hybridized carbons (Fsp3) is 0.538. The van der Waals surface area contributed by atoms with Gasteiger partial charge in [-0.15, -0.1) is 24.0 Å². The molecule has 0 spiro atoms. The molecular formula is C13H19Cl2N. The fourth-order valence-corrected chi connectivity index (χ4v) is 2.51. The molecule has 3 heteroatoms. The van der Waals surface area contributed by atoms with Gasteiger partial charge in [-0.1, -0.05) is 30.3 Å². The quantitative estimate of drug-likeness (QED) is 0.751. The molecule has 1 heterocycles. The molecule has 0 aliphatic carbocycles. The minimum absolute atomic E-state index is 0. The highest BCUT2D eigenvalue weighted by molar-refractivity contribution is 6.18. The van der Waals surface area contributed by atoms with Crippen LogP contribution in [0.15, 0.2) is 30.3 Å². The third-order valence-electron chi connectivity index (χ3n) is 3.07. The van der Waals surface area contributed by atoms with Gasteiger partial charge in [-0.05, 0) is 30.9 Å². The molecule has 1 atom stereocenters. The Hall–Kier alpha value is -0.240. The number of likely N-dealkylation sites (tertiary alicyclic amines) is 1. The maximum absolute atomic E-state index is 5.92. The molecule has 1 saturated heterocycles. The molecule has 0 amide bonds. The first-order valence-corrected chi connectivity index (χ1v) is 6.24. The van der Waals surface area contributed by atoms with Gasteiger partial charge in [0.15, 0.2) is 0 Å². The molecular weight excluding hydrogens is 241 g/mol. The topological polar surface area (TPSA) is 3.24 Å². The summed E-state index contributed by atoms with van der Waals surface area (Å²) in [6.45, 7) is 3.47. The normalized spacial score (nSPS) is 21.4. The zero-order valence-electron chi connectivity index (χ0n) is 9.44. The van der Waals surface area contributed by atoms with Crippen LogP contribution in [-0.2, 0) is 6.54 Å². The van der Waals surface area contributed by atoms with Crippen molar-refractivity contribution >= 4 is 24.0 Å². The molecule has 1 aromatic rings. The van der Waals surface area contributed by atoms with E-state index in [2.05, 4.69) is 35.2 Å². The van der Waals surface area contributed by atoms with Gasteiger partial charge in [-0.3, -0.25) is 4.90 Å². The van der Waals surface area contributed by atoms with Crippen LogP contribution in [0.5, 0.6) is 0 Å². The van der Waals surface area contributed by atoms with E-state index < -0.39 is 0 Å². The first-order valence-electron chi connectivity index (χ1n) is 5.70. The monoisotopic (exact) mass is 259 g/mol. The molecule has 16 heavy (non-hydrogen) atoms. The van der Waals surface area contributed by atoms with Gasteiger partial charge in [0.1, 0.15) is 0 Å². The lowest BCUT2D eigenvalue weighted by molar-refractivity contribution is 0.178. The summed E-state index contributed by atoms with van der Waals surface area (Å²) in [5.41, 5.74) is 1.41. The molecule has 1 unspecified atom stereocenters. The first-order chi connectivity index (χ1) is 7.38. The highest BCUT2D eigenvalue weighted by atomic mass is 35.5. The highest BCUT2D eigenvalue weighted by Gasteiger charge is 2.18. The summed E-state index contributed by atoms with van der Waals surface area (Å²) in [6.07, 6.45) is 2.60. The van der Waals surface area contributed by atoms with Crippen LogP contribution in [0.3, 0.4) is 0 Å². The number of hydrogen-bond donors (Lipinski definition) is 0. The summed E-state index contributed by atoms with van der Waals surface area (Å²) < 4.78 is 0. The largest absolute Gasteiger partial charge is 0.299 e. The number of piperidine rings is 1. The standard InChI is InChI=1S/C13H18ClN.ClH/c14-9-13-7-4-8-15(11-13)10-12-5-2-1-3-6-12;/h1-3,5-6,13H,4,7-11H2;1H. The minimum Gasteiger partial charge on any atom is -0.299 e. The van der Waals surface area contributed by atoms with Crippen LogP contribution >= 0.6 is 24.0 Å². The van der Waals surface area contributed by atoms with E-state index in [-0.39, 0.29) is 12.4 Å². The van der Waals surface area contributed by atoms with Gasteiger partial charge in [-0.25, -0.2) is 0 Å². The summed E-state index contributed by atoms with van der Waals surface area (Å²) in [7, 11) is 0. The Labute approximate surface area is 109 Å². The number of hydrogen-bond acceptors (Lipinski definition) is 1. The van der Waals surface area contributed by atoms with E-state index >= 15 is 0 Å². The van der Waals surface area contributed by atoms with E-state index in [0.29, 0.717) is 5.92 Å². The van der Waals surface area contributed by atoms with Crippen LogP contribution in [0, 0.1) is 5.92 Å². The number of rotatable bonds is 3. The Kier molecular flexibility index (Phi) is 6.18. The summed E-state index contributed by atoms with van der Waals surface area (Å²) >= 11 is 5.92. The van der Waals surface area contributed by atoms with Gasteiger partial charge in [0, 0.05) is 19.0 Å². The summed E-state index contributed by atoms with van der Waals surface area (Å²) in [4.78, 5) is 2.52. The second kappa shape index (κ2) is 7.16. The smallest absolute Gasteiger partial charge is 0.0263 e. The van der Waals surface area contributed by atoms with Crippen LogP contribution < -0.4 is 0 Å². The molecule has 0 saturated carbocycles. The van der Waals surface area contributed by atoms with Crippen LogP contribution in [0.1, 0.15) is 18.4 Å². The van der Waals surface area contributed by atoms with Crippen molar-refractivity contribution in [1.82, 2.24) is 4.90 Å². The van der Waals surface area contributed by atoms with Crippen molar-refractivity contribution < 1.29 is 0 Å². The van der Waals surface area contributed by atoms with Crippen LogP contribution in [0.2, 0.25) is 0 Å². The van der Waals surface area contributed by atoms with E-state index in [1.54, 1.807) is 0 Å². The fourth-order valence-electron chi connectivity index (χ4n) is 2.26. The molecule has 1 aliphatic rings. The molecule has 0 radical (unpaired) electrons. The molecule has 0 N–H and O–H groups in total. The van der Waals surface area contributed by atoms with Gasteiger partial charge in [0.2, 0.25) is 0 Å². The predicted octanol–water partition coefficient (Wildman–Crippen LogP) is 3.56. The minimum atomic E-state index is 0. The van der Waals surface area contributed by atoms with Gasteiger partial charge in [0.05, 0.1) is 0 Å². The Bertz CT molecular complexity index is 289. The van der Waals surface area contributed by atoms with Crippen molar-refractivity contribution in [1.29, 1.82) is 0 Å². The molecule has 1 nitrogen and oxygen atoms in total. The van der Waals surface area contributed by atoms with Crippen molar-refractivity contribution in [2.45, 2.75) is 19.4 Å². The zero-order chi connectivity index (χ0) is 10.5. The summed E-state index contributed by atoms with van der Waals surface area (Å²) in [6, 6.07) is 10.7. The maximum Gasteiger partial charge on any atom is 0.0263 e. The second-order valence-electron chi connectivity index (χ2n) is 4.38. The number of halogens is 2. The van der Waals surface area contributed by atoms with Crippen LogP contribution in [-0.4, -0.2) is 23.9 Å². The van der Waals surface area contributed by atoms with Crippen LogP contribution in [0.4, 0.5) is 0 Å². The molecule has 2 rings (SSSR count). The Morgan fingerprint density at radius 3 is 2.69 bits per heavy atom. The Morgan fingerprint density at radius 1 is 1.25 bits per heavy atom. The Morgan fingerprint density at radius 2 is 2.00 bits per heavy atom. The van der Waals surface area contributed by atoms with E-state index in [0.717, 1.165) is 12.4 Å². The molecule has 1 aliphatic heterocycles. The SMILES string of the molecule is Cl.ClCC1CCCN(Cc2ccccc2)C1. The molecule has 0 bridgehead atoms. The number of nitrogens with zero attached hydrogens (tertiary/aromatic N) is 1. The van der Waals surface area contributed by atoms with Crippen molar-refractivity contribution in [3.63, 3.8) is 0 Å². The van der Waals surface area contributed by atoms with Gasteiger partial charge >= 0.3 is 0 Å². The van der Waals surface area contributed by atoms with Gasteiger partial charge in [-0.2, -0.15) is 0 Å². The maximum atomic E-state index is 5.92. The van der Waals surface area contributed by atoms with Crippen molar-refractivity contribution in [2.75, 3.05) is 19.0 Å². The van der Waals surface area contributed by atoms with E-state index in [1.807, 2.05) is 0 Å². The van der Waals surface area contributed by atoms with Gasteiger partial charge < -0.3 is 0 Å². The Balaban J connectivity index is 0.00000128. The van der Waals surface area contributed by atoms with Crippen LogP contribution in [0.25, 0.3) is 0 Å². The first kappa shape index (κ1) is 13.8. The van der Waals surface area contributed by atoms with Crippen molar-refractivity contribution in [3.05, 3.63) is 35.9 Å². The molecule has 90 valence electrons. The molecule has 1 aromatic carbocycles. The van der Waals surface area contributed by atoms with Crippen molar-refractivity contribution in [3.8, 4) is 0 Å². The summed E-state index contributed by atoms with van der Waals surface area (Å²) in [5.74, 6) is 1.51. The average Bonchev–Trinajstić information content (AvgIpc) is 2.31. The van der Waals surface area contributed by atoms with E-state index in [9.17, 15) is 0 Å². The third-order valence-corrected chi connectivity index (χ3v) is 3.51. The molecule has 1 fully saturated rings. The van der Waals surface area contributed by atoms with Crippen molar-refractivity contribution in [2.24, 2.45) is 5.92 Å². The third kappa shape index (κ3) is 3.97. The summed E-state index contributed by atoms with van der Waals surface area (Å²) in [5, 5.41) is 0. The lowest BCUT2D eigenvalue weighted by atomic mass is 9.99. The lowest BCUT2D eigenvalue weighted by Gasteiger charge is -2.31. The van der Waals surface area contributed by atoms with E-state index in [1.165, 1.54) is 31.5 Å². The van der Waals surface area contributed by atoms with Gasteiger partial charge in [0.25, 0.3) is 0 Å². The second-order valence-corrected chi connectivity index (χ2v) is 4.69. The number of alkyl halides is 1. The zero-order valence-corrected chi connectivity index (χ0v) is 11.0. The lowest BCUT2D eigenvalue weighted by Crippen LogP contribution is -2.35. The average molecular weight is 260 g/mol.